The van der Waals surface area contributed by atoms with Crippen LogP contribution in [0.5, 0.6) is 5.75 Å². The Bertz CT molecular complexity index is 442. The highest BCUT2D eigenvalue weighted by atomic mass is 79.9. The number of thiazole rings is 1. The van der Waals surface area contributed by atoms with Crippen molar-refractivity contribution in [2.45, 2.75) is 6.92 Å². The molecular weight excluding hydrogens is 274 g/mol. The summed E-state index contributed by atoms with van der Waals surface area (Å²) in [6.45, 7) is 2.00. The quantitative estimate of drug-likeness (QED) is 0.839. The van der Waals surface area contributed by atoms with E-state index in [-0.39, 0.29) is 17.0 Å². The van der Waals surface area contributed by atoms with Crippen LogP contribution < -0.4 is 4.74 Å². The van der Waals surface area contributed by atoms with Gasteiger partial charge in [-0.1, -0.05) is 12.1 Å². The number of hydrogen-bond acceptors (Lipinski definition) is 3. The van der Waals surface area contributed by atoms with E-state index in [2.05, 4.69) is 4.98 Å². The molecule has 0 unspecified atom stereocenters. The Balaban J connectivity index is 0.00000112. The molecule has 0 radical (unpaired) electrons. The smallest absolute Gasteiger partial charge is 0.128 e. The minimum Gasteiger partial charge on any atom is -0.496 e. The van der Waals surface area contributed by atoms with Gasteiger partial charge in [0.05, 0.1) is 17.8 Å². The number of para-hydroxylation sites is 1. The summed E-state index contributed by atoms with van der Waals surface area (Å²) in [6.07, 6.45) is 0. The fourth-order valence-electron chi connectivity index (χ4n) is 1.34. The lowest BCUT2D eigenvalue weighted by molar-refractivity contribution is 0.416. The fourth-order valence-corrected chi connectivity index (χ4v) is 1.96. The van der Waals surface area contributed by atoms with Gasteiger partial charge in [-0.3, -0.25) is 0 Å². The highest BCUT2D eigenvalue weighted by Crippen LogP contribution is 2.29. The molecule has 1 heterocycles. The van der Waals surface area contributed by atoms with Crippen LogP contribution in [0, 0.1) is 6.92 Å². The normalized spacial score (nSPS) is 9.47. The van der Waals surface area contributed by atoms with E-state index >= 15 is 0 Å². The first-order valence-electron chi connectivity index (χ1n) is 4.37. The van der Waals surface area contributed by atoms with Gasteiger partial charge >= 0.3 is 0 Å². The third-order valence-corrected chi connectivity index (χ3v) is 2.78. The number of aromatic nitrogens is 1. The number of hydrogen-bond donors (Lipinski definition) is 0. The molecule has 1 aromatic carbocycles. The van der Waals surface area contributed by atoms with Crippen LogP contribution in [0.15, 0.2) is 29.6 Å². The van der Waals surface area contributed by atoms with E-state index in [1.165, 1.54) is 0 Å². The van der Waals surface area contributed by atoms with Gasteiger partial charge in [-0.05, 0) is 19.1 Å². The second kappa shape index (κ2) is 5.28. The number of ether oxygens (including phenoxy) is 1. The molecule has 1 aromatic heterocycles. The number of halogens is 1. The van der Waals surface area contributed by atoms with Gasteiger partial charge in [0, 0.05) is 10.9 Å². The molecule has 15 heavy (non-hydrogen) atoms. The number of methoxy groups -OCH3 is 1. The first-order chi connectivity index (χ1) is 6.81. The molecule has 0 saturated carbocycles. The molecule has 0 aliphatic carbocycles. The minimum absolute atomic E-state index is 0. The highest BCUT2D eigenvalue weighted by molar-refractivity contribution is 8.93. The maximum atomic E-state index is 5.27. The molecule has 2 rings (SSSR count). The highest BCUT2D eigenvalue weighted by Gasteiger charge is 2.06. The molecule has 0 aliphatic rings. The molecule has 2 nitrogen and oxygen atoms in total. The second-order valence-corrected chi connectivity index (χ2v) is 4.01. The molecule has 0 spiro atoms. The van der Waals surface area contributed by atoms with Crippen LogP contribution in [0.3, 0.4) is 0 Å². The monoisotopic (exact) mass is 285 g/mol. The van der Waals surface area contributed by atoms with E-state index in [4.69, 9.17) is 4.74 Å². The van der Waals surface area contributed by atoms with Crippen LogP contribution in [0.25, 0.3) is 11.3 Å². The first kappa shape index (κ1) is 12.2. The summed E-state index contributed by atoms with van der Waals surface area (Å²) in [5.41, 5.74) is 2.05. The molecule has 0 fully saturated rings. The van der Waals surface area contributed by atoms with Crippen molar-refractivity contribution in [2.75, 3.05) is 7.11 Å². The van der Waals surface area contributed by atoms with Gasteiger partial charge in [-0.15, -0.1) is 28.3 Å². The van der Waals surface area contributed by atoms with Crippen LogP contribution in [0.2, 0.25) is 0 Å². The topological polar surface area (TPSA) is 22.1 Å². The molecular formula is C11H12BrNOS. The van der Waals surface area contributed by atoms with E-state index in [1.54, 1.807) is 18.4 Å². The Hall–Kier alpha value is -0.870. The van der Waals surface area contributed by atoms with Crippen molar-refractivity contribution in [1.82, 2.24) is 4.98 Å². The zero-order valence-corrected chi connectivity index (χ0v) is 11.1. The van der Waals surface area contributed by atoms with Crippen LogP contribution in [-0.4, -0.2) is 12.1 Å². The predicted octanol–water partition coefficient (Wildman–Crippen LogP) is 3.71. The van der Waals surface area contributed by atoms with Crippen LogP contribution in [-0.2, 0) is 0 Å². The first-order valence-corrected chi connectivity index (χ1v) is 5.25. The van der Waals surface area contributed by atoms with Crippen molar-refractivity contribution in [1.29, 1.82) is 0 Å². The number of nitrogens with zero attached hydrogens (tertiary/aromatic N) is 1. The molecule has 0 aliphatic heterocycles. The molecule has 2 aromatic rings. The maximum Gasteiger partial charge on any atom is 0.128 e. The van der Waals surface area contributed by atoms with E-state index < -0.39 is 0 Å². The standard InChI is InChI=1S/C11H11NOS.BrH/c1-8-12-10(7-14-8)9-5-3-4-6-11(9)13-2;/h3-7H,1-2H3;1H. The zero-order valence-electron chi connectivity index (χ0n) is 8.56. The third kappa shape index (κ3) is 2.58. The molecule has 0 bridgehead atoms. The average molecular weight is 286 g/mol. The maximum absolute atomic E-state index is 5.27. The molecule has 0 saturated heterocycles. The van der Waals surface area contributed by atoms with Crippen molar-refractivity contribution >= 4 is 28.3 Å². The number of benzene rings is 1. The predicted molar refractivity (Wildman–Crippen MR) is 69.2 cm³/mol. The zero-order chi connectivity index (χ0) is 9.97. The number of rotatable bonds is 2. The van der Waals surface area contributed by atoms with Crippen molar-refractivity contribution in [3.8, 4) is 17.0 Å². The van der Waals surface area contributed by atoms with Gasteiger partial charge in [0.2, 0.25) is 0 Å². The Morgan fingerprint density at radius 2 is 2.00 bits per heavy atom. The summed E-state index contributed by atoms with van der Waals surface area (Å²) in [5, 5.41) is 3.12. The SMILES string of the molecule is Br.COc1ccccc1-c1csc(C)n1. The average Bonchev–Trinajstić information content (AvgIpc) is 2.65. The summed E-state index contributed by atoms with van der Waals surface area (Å²) in [7, 11) is 1.68. The van der Waals surface area contributed by atoms with E-state index in [9.17, 15) is 0 Å². The largest absolute Gasteiger partial charge is 0.496 e. The molecule has 0 amide bonds. The van der Waals surface area contributed by atoms with Gasteiger partial charge < -0.3 is 4.74 Å². The summed E-state index contributed by atoms with van der Waals surface area (Å²) in [5.74, 6) is 0.873. The van der Waals surface area contributed by atoms with Gasteiger partial charge in [-0.2, -0.15) is 0 Å². The van der Waals surface area contributed by atoms with Crippen LogP contribution in [0.4, 0.5) is 0 Å². The van der Waals surface area contributed by atoms with Gasteiger partial charge in [0.15, 0.2) is 0 Å². The van der Waals surface area contributed by atoms with Gasteiger partial charge in [0.25, 0.3) is 0 Å². The fraction of sp³-hybridized carbons (Fsp3) is 0.182. The third-order valence-electron chi connectivity index (χ3n) is 2.00. The molecule has 4 heteroatoms. The Morgan fingerprint density at radius 3 is 2.60 bits per heavy atom. The number of aryl methyl sites for hydroxylation is 1. The summed E-state index contributed by atoms with van der Waals surface area (Å²) in [4.78, 5) is 4.43. The Kier molecular flexibility index (Phi) is 4.29. The Labute approximate surface area is 104 Å². The lowest BCUT2D eigenvalue weighted by atomic mass is 10.1. The van der Waals surface area contributed by atoms with Crippen LogP contribution in [0.1, 0.15) is 5.01 Å². The van der Waals surface area contributed by atoms with Crippen molar-refractivity contribution in [2.24, 2.45) is 0 Å². The minimum atomic E-state index is 0. The molecule has 0 N–H and O–H groups in total. The van der Waals surface area contributed by atoms with Crippen molar-refractivity contribution in [3.63, 3.8) is 0 Å². The molecule has 80 valence electrons. The lowest BCUT2D eigenvalue weighted by Gasteiger charge is -2.04. The summed E-state index contributed by atoms with van der Waals surface area (Å²) >= 11 is 1.65. The molecule has 0 atom stereocenters. The van der Waals surface area contributed by atoms with Crippen molar-refractivity contribution < 1.29 is 4.74 Å². The van der Waals surface area contributed by atoms with Gasteiger partial charge in [-0.25, -0.2) is 4.98 Å². The van der Waals surface area contributed by atoms with E-state index in [0.717, 1.165) is 22.0 Å². The van der Waals surface area contributed by atoms with E-state index in [0.29, 0.717) is 0 Å². The Morgan fingerprint density at radius 1 is 1.27 bits per heavy atom. The van der Waals surface area contributed by atoms with Crippen LogP contribution >= 0.6 is 28.3 Å². The summed E-state index contributed by atoms with van der Waals surface area (Å²) in [6, 6.07) is 7.92. The lowest BCUT2D eigenvalue weighted by Crippen LogP contribution is -1.87. The van der Waals surface area contributed by atoms with Crippen molar-refractivity contribution in [3.05, 3.63) is 34.7 Å². The van der Waals surface area contributed by atoms with Gasteiger partial charge in [0.1, 0.15) is 5.75 Å². The van der Waals surface area contributed by atoms with E-state index in [1.807, 2.05) is 36.6 Å². The summed E-state index contributed by atoms with van der Waals surface area (Å²) < 4.78 is 5.27. The second-order valence-electron chi connectivity index (χ2n) is 2.95.